The highest BCUT2D eigenvalue weighted by Crippen LogP contribution is 2.62. The molecule has 0 radical (unpaired) electrons. The number of aromatic hydroxyl groups is 1. The number of anilines is 1. The zero-order valence-electron chi connectivity index (χ0n) is 27.0. The third-order valence-electron chi connectivity index (χ3n) is 10.5. The van der Waals surface area contributed by atoms with Gasteiger partial charge in [0.05, 0.1) is 40.9 Å². The molecule has 4 unspecified atom stereocenters. The third kappa shape index (κ3) is 4.18. The first-order chi connectivity index (χ1) is 23.3. The second kappa shape index (κ2) is 10.7. The normalized spacial score (nSPS) is 23.1. The number of allylic oxidation sites excluding steroid dienone is 2. The topological polar surface area (TPSA) is 134 Å². The van der Waals surface area contributed by atoms with E-state index in [0.717, 1.165) is 25.1 Å². The number of fused-ring (bicyclic) bond motifs is 5. The summed E-state index contributed by atoms with van der Waals surface area (Å²) < 4.78 is 11.8. The van der Waals surface area contributed by atoms with Gasteiger partial charge in [0.2, 0.25) is 11.8 Å². The van der Waals surface area contributed by atoms with Gasteiger partial charge in [0.25, 0.3) is 0 Å². The molecule has 5 heterocycles. The van der Waals surface area contributed by atoms with E-state index in [9.17, 15) is 24.3 Å². The Morgan fingerprint density at radius 1 is 1.06 bits per heavy atom. The summed E-state index contributed by atoms with van der Waals surface area (Å²) in [6.45, 7) is 3.85. The van der Waals surface area contributed by atoms with Crippen LogP contribution in [0.3, 0.4) is 0 Å². The summed E-state index contributed by atoms with van der Waals surface area (Å²) in [5.74, 6) is -2.40. The van der Waals surface area contributed by atoms with Crippen LogP contribution >= 0.6 is 34.5 Å². The van der Waals surface area contributed by atoms with Gasteiger partial charge in [-0.05, 0) is 72.7 Å². The smallest absolute Gasteiger partial charge is 0.347 e. The third-order valence-corrected chi connectivity index (χ3v) is 12.4. The Hall–Kier alpha value is -4.59. The molecule has 1 saturated heterocycles. The molecule has 49 heavy (non-hydrogen) atoms. The number of aromatic nitrogens is 5. The van der Waals surface area contributed by atoms with Crippen molar-refractivity contribution >= 4 is 62.3 Å². The van der Waals surface area contributed by atoms with E-state index in [1.807, 2.05) is 31.2 Å². The molecule has 5 aromatic rings. The number of phenolic OH excluding ortho intramolecular Hbond substituents is 1. The van der Waals surface area contributed by atoms with Crippen molar-refractivity contribution in [1.29, 1.82) is 0 Å². The summed E-state index contributed by atoms with van der Waals surface area (Å²) in [6, 6.07) is 9.90. The Balaban J connectivity index is 1.30. The van der Waals surface area contributed by atoms with Crippen LogP contribution in [-0.4, -0.2) is 47.7 Å². The van der Waals surface area contributed by atoms with E-state index in [4.69, 9.17) is 33.0 Å². The largest absolute Gasteiger partial charge is 0.503 e. The van der Waals surface area contributed by atoms with Crippen LogP contribution in [0.5, 0.6) is 11.5 Å². The molecule has 0 bridgehead atoms. The van der Waals surface area contributed by atoms with E-state index in [2.05, 4.69) is 0 Å². The maximum Gasteiger partial charge on any atom is 0.347 e. The minimum Gasteiger partial charge on any atom is -0.503 e. The van der Waals surface area contributed by atoms with Crippen molar-refractivity contribution in [3.05, 3.63) is 90.2 Å². The summed E-state index contributed by atoms with van der Waals surface area (Å²) in [5.41, 5.74) is 0.474. The van der Waals surface area contributed by atoms with Crippen molar-refractivity contribution < 1.29 is 19.4 Å². The van der Waals surface area contributed by atoms with Crippen LogP contribution in [0.15, 0.2) is 57.6 Å². The predicted octanol–water partition coefficient (Wildman–Crippen LogP) is 5.16. The minimum atomic E-state index is -1.35. The number of amides is 2. The first-order valence-electron chi connectivity index (χ1n) is 15.5. The Labute approximate surface area is 292 Å². The molecule has 0 spiro atoms. The fourth-order valence-electron chi connectivity index (χ4n) is 8.12. The van der Waals surface area contributed by atoms with Crippen LogP contribution in [0.1, 0.15) is 36.4 Å². The van der Waals surface area contributed by atoms with Crippen molar-refractivity contribution in [3.63, 3.8) is 0 Å². The number of aryl methyl sites for hydroxylation is 2. The van der Waals surface area contributed by atoms with E-state index < -0.39 is 46.5 Å². The Morgan fingerprint density at radius 2 is 1.82 bits per heavy atom. The average Bonchev–Trinajstić information content (AvgIpc) is 3.73. The lowest BCUT2D eigenvalue weighted by molar-refractivity contribution is -0.129. The van der Waals surface area contributed by atoms with Gasteiger partial charge in [0, 0.05) is 35.8 Å². The van der Waals surface area contributed by atoms with E-state index in [0.29, 0.717) is 27.7 Å². The molecule has 1 saturated carbocycles. The molecule has 15 heteroatoms. The number of hydrogen-bond acceptors (Lipinski definition) is 8. The Kier molecular flexibility index (Phi) is 6.92. The zero-order chi connectivity index (χ0) is 34.8. The molecule has 1 aliphatic carbocycles. The maximum atomic E-state index is 14.9. The molecule has 1 N–H and O–H groups in total. The van der Waals surface area contributed by atoms with Crippen molar-refractivity contribution in [2.24, 2.45) is 25.4 Å². The van der Waals surface area contributed by atoms with Crippen molar-refractivity contribution in [2.45, 2.75) is 38.8 Å². The molecule has 3 aliphatic rings. The lowest BCUT2D eigenvalue weighted by Gasteiger charge is -2.47. The van der Waals surface area contributed by atoms with Gasteiger partial charge in [-0.25, -0.2) is 28.4 Å². The monoisotopic (exact) mass is 720 g/mol. The number of halogens is 2. The number of imide groups is 1. The summed E-state index contributed by atoms with van der Waals surface area (Å²) in [5, 5.41) is 17.0. The Morgan fingerprint density at radius 3 is 2.55 bits per heavy atom. The summed E-state index contributed by atoms with van der Waals surface area (Å²) in [6.07, 6.45) is 1.96. The number of thiophene rings is 1. The van der Waals surface area contributed by atoms with E-state index >= 15 is 0 Å². The fraction of sp³-hybridized carbons (Fsp3) is 0.324. The van der Waals surface area contributed by atoms with Gasteiger partial charge in [-0.2, -0.15) is 5.10 Å². The van der Waals surface area contributed by atoms with Gasteiger partial charge in [0.15, 0.2) is 11.5 Å². The number of methoxy groups -OCH3 is 1. The lowest BCUT2D eigenvalue weighted by atomic mass is 9.56. The maximum absolute atomic E-state index is 14.9. The van der Waals surface area contributed by atoms with Crippen LogP contribution < -0.4 is 21.0 Å². The highest BCUT2D eigenvalue weighted by Gasteiger charge is 2.66. The number of hydrogen-bond donors (Lipinski definition) is 1. The molecule has 4 atom stereocenters. The number of nitrogens with zero attached hydrogens (tertiary/aromatic N) is 6. The van der Waals surface area contributed by atoms with Gasteiger partial charge in [-0.1, -0.05) is 29.3 Å². The van der Waals surface area contributed by atoms with Crippen LogP contribution in [-0.2, 0) is 30.2 Å². The quantitative estimate of drug-likeness (QED) is 0.200. The van der Waals surface area contributed by atoms with Crippen LogP contribution in [0.25, 0.3) is 20.7 Å². The molecule has 2 fully saturated rings. The predicted molar refractivity (Wildman–Crippen MR) is 186 cm³/mol. The van der Waals surface area contributed by atoms with Crippen molar-refractivity contribution in [1.82, 2.24) is 23.7 Å². The van der Waals surface area contributed by atoms with Crippen molar-refractivity contribution in [3.8, 4) is 22.1 Å². The molecular formula is C34H30Cl2N6O6S. The molecule has 8 rings (SSSR count). The number of ether oxygens (including phenoxy) is 1. The van der Waals surface area contributed by atoms with E-state index in [-0.39, 0.29) is 29.5 Å². The van der Waals surface area contributed by atoms with E-state index in [1.165, 1.54) is 33.1 Å². The SMILES string of the molecule is COc1cc(C2C3=CCn4c(=O)n(C)c(=O)n4C3CC3C(=O)N(c4cc(-c5sc6ccc(Cl)cc6c5C)nn4C)C(=O)C32C)cc(Cl)c1O. The Bertz CT molecular complexity index is 2450. The number of rotatable bonds is 4. The zero-order valence-corrected chi connectivity index (χ0v) is 29.4. The van der Waals surface area contributed by atoms with Crippen LogP contribution in [0.2, 0.25) is 10.0 Å². The van der Waals surface area contributed by atoms with Gasteiger partial charge >= 0.3 is 11.4 Å². The first kappa shape index (κ1) is 31.7. The van der Waals surface area contributed by atoms with E-state index in [1.54, 1.807) is 43.5 Å². The molecule has 12 nitrogen and oxygen atoms in total. The summed E-state index contributed by atoms with van der Waals surface area (Å²) >= 11 is 14.3. The number of benzene rings is 2. The molecular weight excluding hydrogens is 691 g/mol. The van der Waals surface area contributed by atoms with Gasteiger partial charge in [-0.15, -0.1) is 11.3 Å². The van der Waals surface area contributed by atoms with Gasteiger partial charge < -0.3 is 9.84 Å². The highest BCUT2D eigenvalue weighted by molar-refractivity contribution is 7.22. The number of phenols is 1. The van der Waals surface area contributed by atoms with Gasteiger partial charge in [0.1, 0.15) is 11.5 Å². The number of carbonyl (C=O) groups excluding carboxylic acids is 2. The summed E-state index contributed by atoms with van der Waals surface area (Å²) in [7, 11) is 4.50. The molecule has 2 aromatic carbocycles. The molecule has 252 valence electrons. The fourth-order valence-corrected chi connectivity index (χ4v) is 9.65. The first-order valence-corrected chi connectivity index (χ1v) is 17.1. The van der Waals surface area contributed by atoms with Crippen molar-refractivity contribution in [2.75, 3.05) is 12.0 Å². The lowest BCUT2D eigenvalue weighted by Crippen LogP contribution is -2.49. The van der Waals surface area contributed by atoms with Gasteiger partial charge in [-0.3, -0.25) is 14.3 Å². The second-order valence-corrected chi connectivity index (χ2v) is 14.9. The average molecular weight is 722 g/mol. The summed E-state index contributed by atoms with van der Waals surface area (Å²) in [4.78, 5) is 58.1. The molecule has 2 amide bonds. The van der Waals surface area contributed by atoms with Crippen LogP contribution in [0.4, 0.5) is 5.82 Å². The molecule has 3 aromatic heterocycles. The van der Waals surface area contributed by atoms with Crippen LogP contribution in [0, 0.1) is 18.3 Å². The second-order valence-electron chi connectivity index (χ2n) is 13.0. The highest BCUT2D eigenvalue weighted by atomic mass is 35.5. The molecule has 2 aliphatic heterocycles. The standard InChI is InChI=1S/C34H30Cl2N6O6S/c1-15-19-12-17(35)6-7-25(19)49-29(15)22-14-26(39(4)37-22)41-30(44)20-13-23-18(8-9-40-32(46)38(3)33(47)42(23)40)27(34(20,2)31(41)45)16-10-21(36)28(43)24(11-16)48-5/h6-8,10-12,14,20,23,27,43H,9,13H2,1-5H3. The minimum absolute atomic E-state index is 0.00622. The number of carbonyl (C=O) groups is 2.